The lowest BCUT2D eigenvalue weighted by atomic mass is 9.95. The zero-order valence-corrected chi connectivity index (χ0v) is 10.4. The van der Waals surface area contributed by atoms with Crippen molar-refractivity contribution in [2.24, 2.45) is 11.7 Å². The molecule has 94 valence electrons. The van der Waals surface area contributed by atoms with Crippen LogP contribution >= 0.6 is 0 Å². The van der Waals surface area contributed by atoms with E-state index in [0.717, 1.165) is 39.2 Å². The van der Waals surface area contributed by atoms with Crippen molar-refractivity contribution in [1.29, 1.82) is 0 Å². The fourth-order valence-electron chi connectivity index (χ4n) is 2.81. The summed E-state index contributed by atoms with van der Waals surface area (Å²) in [7, 11) is 2.18. The van der Waals surface area contributed by atoms with E-state index in [9.17, 15) is 0 Å². The van der Waals surface area contributed by atoms with Crippen LogP contribution in [0.1, 0.15) is 19.8 Å². The largest absolute Gasteiger partial charge is 0.381 e. The second-order valence-electron chi connectivity index (χ2n) is 5.16. The smallest absolute Gasteiger partial charge is 0.0702 e. The SMILES string of the molecule is CC1OCCC1N(C)CC1COCCC1N. The molecule has 16 heavy (non-hydrogen) atoms. The van der Waals surface area contributed by atoms with Gasteiger partial charge in [0.15, 0.2) is 0 Å². The van der Waals surface area contributed by atoms with Crippen molar-refractivity contribution < 1.29 is 9.47 Å². The molecule has 4 unspecified atom stereocenters. The number of nitrogens with two attached hydrogens (primary N) is 1. The Labute approximate surface area is 98.1 Å². The van der Waals surface area contributed by atoms with Gasteiger partial charge >= 0.3 is 0 Å². The van der Waals surface area contributed by atoms with Crippen LogP contribution in [-0.2, 0) is 9.47 Å². The maximum Gasteiger partial charge on any atom is 0.0702 e. The Morgan fingerprint density at radius 3 is 2.75 bits per heavy atom. The predicted octanol–water partition coefficient (Wildman–Crippen LogP) is 0.459. The molecule has 2 aliphatic rings. The molecular weight excluding hydrogens is 204 g/mol. The molecule has 0 spiro atoms. The van der Waals surface area contributed by atoms with Crippen molar-refractivity contribution >= 4 is 0 Å². The van der Waals surface area contributed by atoms with Crippen molar-refractivity contribution in [3.05, 3.63) is 0 Å². The minimum atomic E-state index is 0.300. The molecule has 2 fully saturated rings. The molecule has 2 rings (SSSR count). The molecule has 2 aliphatic heterocycles. The lowest BCUT2D eigenvalue weighted by Crippen LogP contribution is -2.47. The van der Waals surface area contributed by atoms with Crippen LogP contribution in [0.15, 0.2) is 0 Å². The van der Waals surface area contributed by atoms with Crippen LogP contribution in [0.2, 0.25) is 0 Å². The van der Waals surface area contributed by atoms with Gasteiger partial charge in [-0.3, -0.25) is 0 Å². The third-order valence-corrected chi connectivity index (χ3v) is 3.96. The Kier molecular flexibility index (Phi) is 4.19. The van der Waals surface area contributed by atoms with Crippen LogP contribution in [-0.4, -0.2) is 56.5 Å². The van der Waals surface area contributed by atoms with E-state index < -0.39 is 0 Å². The van der Waals surface area contributed by atoms with Crippen LogP contribution in [0, 0.1) is 5.92 Å². The molecule has 2 heterocycles. The van der Waals surface area contributed by atoms with Gasteiger partial charge in [0.25, 0.3) is 0 Å². The highest BCUT2D eigenvalue weighted by Crippen LogP contribution is 2.21. The van der Waals surface area contributed by atoms with E-state index >= 15 is 0 Å². The molecular formula is C12H24N2O2. The minimum Gasteiger partial charge on any atom is -0.381 e. The summed E-state index contributed by atoms with van der Waals surface area (Å²) in [5, 5.41) is 0. The zero-order chi connectivity index (χ0) is 11.5. The minimum absolute atomic E-state index is 0.300. The molecule has 0 bridgehead atoms. The Bertz CT molecular complexity index is 225. The molecule has 0 aromatic heterocycles. The predicted molar refractivity (Wildman–Crippen MR) is 63.4 cm³/mol. The standard InChI is InChI=1S/C12H24N2O2/c1-9-12(4-6-16-9)14(2)7-10-8-15-5-3-11(10)13/h9-12H,3-8,13H2,1-2H3. The van der Waals surface area contributed by atoms with Gasteiger partial charge in [-0.1, -0.05) is 0 Å². The number of rotatable bonds is 3. The highest BCUT2D eigenvalue weighted by atomic mass is 16.5. The lowest BCUT2D eigenvalue weighted by molar-refractivity contribution is 0.0160. The summed E-state index contributed by atoms with van der Waals surface area (Å²) in [5.74, 6) is 0.478. The first-order valence-corrected chi connectivity index (χ1v) is 6.33. The summed E-state index contributed by atoms with van der Waals surface area (Å²) < 4.78 is 11.1. The van der Waals surface area contributed by atoms with Gasteiger partial charge in [-0.25, -0.2) is 0 Å². The van der Waals surface area contributed by atoms with Gasteiger partial charge in [-0.15, -0.1) is 0 Å². The number of likely N-dealkylation sites (N-methyl/N-ethyl adjacent to an activating group) is 1. The second kappa shape index (κ2) is 5.45. The van der Waals surface area contributed by atoms with Crippen molar-refractivity contribution in [1.82, 2.24) is 4.90 Å². The Hall–Kier alpha value is -0.160. The van der Waals surface area contributed by atoms with Crippen LogP contribution < -0.4 is 5.73 Å². The number of hydrogen-bond donors (Lipinski definition) is 1. The van der Waals surface area contributed by atoms with Gasteiger partial charge in [-0.2, -0.15) is 0 Å². The van der Waals surface area contributed by atoms with Gasteiger partial charge in [0.2, 0.25) is 0 Å². The van der Waals surface area contributed by atoms with Crippen molar-refractivity contribution in [2.45, 2.75) is 38.0 Å². The maximum atomic E-state index is 6.12. The molecule has 0 saturated carbocycles. The molecule has 4 atom stereocenters. The average Bonchev–Trinajstić information content (AvgIpc) is 2.68. The first kappa shape index (κ1) is 12.3. The zero-order valence-electron chi connectivity index (χ0n) is 10.4. The Morgan fingerprint density at radius 2 is 2.12 bits per heavy atom. The maximum absolute atomic E-state index is 6.12. The molecule has 4 heteroatoms. The van der Waals surface area contributed by atoms with Gasteiger partial charge in [0.1, 0.15) is 0 Å². The second-order valence-corrected chi connectivity index (χ2v) is 5.16. The third kappa shape index (κ3) is 2.74. The summed E-state index contributed by atoms with van der Waals surface area (Å²) in [6, 6.07) is 0.850. The molecule has 0 aliphatic carbocycles. The molecule has 4 nitrogen and oxygen atoms in total. The van der Waals surface area contributed by atoms with E-state index in [2.05, 4.69) is 18.9 Å². The van der Waals surface area contributed by atoms with E-state index in [1.165, 1.54) is 0 Å². The first-order valence-electron chi connectivity index (χ1n) is 6.33. The van der Waals surface area contributed by atoms with E-state index in [1.54, 1.807) is 0 Å². The van der Waals surface area contributed by atoms with Crippen molar-refractivity contribution in [3.63, 3.8) is 0 Å². The molecule has 2 saturated heterocycles. The highest BCUT2D eigenvalue weighted by Gasteiger charge is 2.31. The van der Waals surface area contributed by atoms with Gasteiger partial charge in [-0.05, 0) is 26.8 Å². The summed E-state index contributed by atoms with van der Waals surface area (Å²) >= 11 is 0. The van der Waals surface area contributed by atoms with E-state index in [0.29, 0.717) is 24.1 Å². The van der Waals surface area contributed by atoms with Crippen LogP contribution in [0.3, 0.4) is 0 Å². The molecule has 2 N–H and O–H groups in total. The van der Waals surface area contributed by atoms with E-state index in [-0.39, 0.29) is 0 Å². The normalized spacial score (nSPS) is 40.5. The third-order valence-electron chi connectivity index (χ3n) is 3.96. The molecule has 0 aromatic rings. The number of hydrogen-bond acceptors (Lipinski definition) is 4. The van der Waals surface area contributed by atoms with Gasteiger partial charge in [0.05, 0.1) is 12.7 Å². The fourth-order valence-corrected chi connectivity index (χ4v) is 2.81. The number of nitrogens with zero attached hydrogens (tertiary/aromatic N) is 1. The molecule has 0 amide bonds. The summed E-state index contributed by atoms with van der Waals surface area (Å²) in [6.07, 6.45) is 2.49. The molecule has 0 aromatic carbocycles. The van der Waals surface area contributed by atoms with Crippen LogP contribution in [0.5, 0.6) is 0 Å². The van der Waals surface area contributed by atoms with E-state index in [4.69, 9.17) is 15.2 Å². The summed E-state index contributed by atoms with van der Waals surface area (Å²) in [6.45, 7) is 5.71. The average molecular weight is 228 g/mol. The Balaban J connectivity index is 1.83. The monoisotopic (exact) mass is 228 g/mol. The van der Waals surface area contributed by atoms with Gasteiger partial charge < -0.3 is 20.1 Å². The topological polar surface area (TPSA) is 47.7 Å². The quantitative estimate of drug-likeness (QED) is 0.762. The molecule has 0 radical (unpaired) electrons. The van der Waals surface area contributed by atoms with Crippen molar-refractivity contribution in [2.75, 3.05) is 33.4 Å². The van der Waals surface area contributed by atoms with Crippen LogP contribution in [0.4, 0.5) is 0 Å². The summed E-state index contributed by atoms with van der Waals surface area (Å²) in [5.41, 5.74) is 6.12. The van der Waals surface area contributed by atoms with Crippen molar-refractivity contribution in [3.8, 4) is 0 Å². The number of ether oxygens (including phenoxy) is 2. The van der Waals surface area contributed by atoms with E-state index in [1.807, 2.05) is 0 Å². The highest BCUT2D eigenvalue weighted by molar-refractivity contribution is 4.85. The fraction of sp³-hybridized carbons (Fsp3) is 1.00. The Morgan fingerprint density at radius 1 is 1.31 bits per heavy atom. The lowest BCUT2D eigenvalue weighted by Gasteiger charge is -2.35. The first-order chi connectivity index (χ1) is 7.68. The van der Waals surface area contributed by atoms with Crippen LogP contribution in [0.25, 0.3) is 0 Å². The summed E-state index contributed by atoms with van der Waals surface area (Å²) in [4.78, 5) is 2.40. The van der Waals surface area contributed by atoms with Gasteiger partial charge in [0, 0.05) is 37.8 Å².